The fourth-order valence-electron chi connectivity index (χ4n) is 4.89. The lowest BCUT2D eigenvalue weighted by molar-refractivity contribution is -0.129. The van der Waals surface area contributed by atoms with Crippen LogP contribution in [0.1, 0.15) is 42.4 Å². The molecule has 1 saturated heterocycles. The van der Waals surface area contributed by atoms with Crippen LogP contribution >= 0.6 is 0 Å². The van der Waals surface area contributed by atoms with Gasteiger partial charge in [0.25, 0.3) is 5.91 Å². The zero-order valence-electron chi connectivity index (χ0n) is 20.9. The van der Waals surface area contributed by atoms with E-state index in [2.05, 4.69) is 35.0 Å². The van der Waals surface area contributed by atoms with Crippen LogP contribution in [0.25, 0.3) is 10.9 Å². The van der Waals surface area contributed by atoms with E-state index >= 15 is 0 Å². The number of aryl methyl sites for hydroxylation is 1. The number of amides is 2. The Balaban J connectivity index is 1.58. The number of hydrogen-bond donors (Lipinski definition) is 0. The molecule has 0 bridgehead atoms. The third kappa shape index (κ3) is 4.05. The van der Waals surface area contributed by atoms with Gasteiger partial charge in [-0.15, -0.1) is 0 Å². The van der Waals surface area contributed by atoms with Crippen LogP contribution in [0.5, 0.6) is 0 Å². The minimum atomic E-state index is -0.0606. The first kappa shape index (κ1) is 23.0. The highest BCUT2D eigenvalue weighted by Crippen LogP contribution is 2.36. The summed E-state index contributed by atoms with van der Waals surface area (Å²) in [5.41, 5.74) is 4.35. The first-order chi connectivity index (χ1) is 16.7. The van der Waals surface area contributed by atoms with Crippen molar-refractivity contribution in [3.05, 3.63) is 47.3 Å². The molecule has 0 spiro atoms. The molecule has 2 aliphatic rings. The van der Waals surface area contributed by atoms with Crippen LogP contribution < -0.4 is 9.80 Å². The standard InChI is InChI=1S/C26H31N7O2/c1-16(2)33-15-21-23(25(33)35)28-26(32-11-9-31(10-12-32)18(4)34)29-24(21)30(5)20-13-17(3)22-19(14-20)7-6-8-27-22/h6-8,13-14,16H,9-12,15H2,1-5H3. The summed E-state index contributed by atoms with van der Waals surface area (Å²) in [4.78, 5) is 47.1. The molecule has 9 heteroatoms. The van der Waals surface area contributed by atoms with Gasteiger partial charge in [-0.25, -0.2) is 4.98 Å². The van der Waals surface area contributed by atoms with Gasteiger partial charge in [-0.2, -0.15) is 4.98 Å². The summed E-state index contributed by atoms with van der Waals surface area (Å²) in [5, 5.41) is 1.06. The molecule has 182 valence electrons. The number of anilines is 3. The van der Waals surface area contributed by atoms with E-state index in [0.29, 0.717) is 44.4 Å². The molecule has 4 heterocycles. The van der Waals surface area contributed by atoms with Gasteiger partial charge in [0, 0.05) is 69.0 Å². The maximum atomic E-state index is 13.3. The molecular weight excluding hydrogens is 442 g/mol. The number of hydrogen-bond acceptors (Lipinski definition) is 7. The zero-order valence-corrected chi connectivity index (χ0v) is 20.9. The van der Waals surface area contributed by atoms with E-state index in [1.54, 1.807) is 13.1 Å². The summed E-state index contributed by atoms with van der Waals surface area (Å²) in [6, 6.07) is 8.26. The van der Waals surface area contributed by atoms with Crippen molar-refractivity contribution in [2.24, 2.45) is 0 Å². The van der Waals surface area contributed by atoms with E-state index in [4.69, 9.17) is 9.97 Å². The largest absolute Gasteiger partial charge is 0.339 e. The van der Waals surface area contributed by atoms with Crippen LogP contribution in [0.3, 0.4) is 0 Å². The highest BCUT2D eigenvalue weighted by atomic mass is 16.2. The van der Waals surface area contributed by atoms with Crippen LogP contribution in [-0.4, -0.2) is 75.8 Å². The first-order valence-corrected chi connectivity index (χ1v) is 12.1. The second kappa shape index (κ2) is 8.79. The molecule has 3 aromatic rings. The van der Waals surface area contributed by atoms with Crippen molar-refractivity contribution >= 4 is 40.2 Å². The van der Waals surface area contributed by atoms with Crippen LogP contribution in [-0.2, 0) is 11.3 Å². The molecule has 1 aromatic carbocycles. The van der Waals surface area contributed by atoms with Crippen molar-refractivity contribution in [2.75, 3.05) is 43.0 Å². The molecule has 0 N–H and O–H groups in total. The number of pyridine rings is 1. The lowest BCUT2D eigenvalue weighted by Gasteiger charge is -2.34. The average Bonchev–Trinajstić information content (AvgIpc) is 3.19. The number of benzene rings is 1. The van der Waals surface area contributed by atoms with Crippen molar-refractivity contribution in [1.82, 2.24) is 24.8 Å². The lowest BCUT2D eigenvalue weighted by Crippen LogP contribution is -2.48. The normalized spacial score (nSPS) is 15.8. The Hall–Kier alpha value is -3.75. The van der Waals surface area contributed by atoms with Gasteiger partial charge in [0.1, 0.15) is 11.5 Å². The number of carbonyl (C=O) groups excluding carboxylic acids is 2. The highest BCUT2D eigenvalue weighted by molar-refractivity contribution is 5.99. The molecule has 2 aromatic heterocycles. The molecule has 0 aliphatic carbocycles. The highest BCUT2D eigenvalue weighted by Gasteiger charge is 2.36. The molecule has 0 saturated carbocycles. The van der Waals surface area contributed by atoms with Crippen molar-refractivity contribution in [1.29, 1.82) is 0 Å². The summed E-state index contributed by atoms with van der Waals surface area (Å²) in [5.74, 6) is 1.28. The van der Waals surface area contributed by atoms with Crippen LogP contribution in [0.15, 0.2) is 30.5 Å². The zero-order chi connectivity index (χ0) is 24.9. The Bertz CT molecular complexity index is 1310. The molecule has 0 unspecified atom stereocenters. The fraction of sp³-hybridized carbons (Fsp3) is 0.423. The number of aromatic nitrogens is 3. The molecule has 9 nitrogen and oxygen atoms in total. The third-order valence-electron chi connectivity index (χ3n) is 6.98. The Labute approximate surface area is 205 Å². The summed E-state index contributed by atoms with van der Waals surface area (Å²) in [6.07, 6.45) is 1.81. The van der Waals surface area contributed by atoms with Gasteiger partial charge in [0.05, 0.1) is 12.1 Å². The topological polar surface area (TPSA) is 85.8 Å². The SMILES string of the molecule is CC(=O)N1CCN(c2nc3c(c(N(C)c4cc(C)c5ncccc5c4)n2)CN(C(C)C)C3=O)CC1. The summed E-state index contributed by atoms with van der Waals surface area (Å²) in [6.45, 7) is 10.7. The van der Waals surface area contributed by atoms with Crippen molar-refractivity contribution in [3.8, 4) is 0 Å². The molecule has 35 heavy (non-hydrogen) atoms. The Morgan fingerprint density at radius 3 is 2.54 bits per heavy atom. The molecule has 0 atom stereocenters. The lowest BCUT2D eigenvalue weighted by atomic mass is 10.1. The van der Waals surface area contributed by atoms with Gasteiger partial charge in [0.2, 0.25) is 11.9 Å². The molecule has 2 amide bonds. The smallest absolute Gasteiger partial charge is 0.273 e. The predicted molar refractivity (Wildman–Crippen MR) is 136 cm³/mol. The number of piperazine rings is 1. The number of nitrogens with zero attached hydrogens (tertiary/aromatic N) is 7. The van der Waals surface area contributed by atoms with Crippen LogP contribution in [0.2, 0.25) is 0 Å². The molecule has 5 rings (SSSR count). The van der Waals surface area contributed by atoms with E-state index < -0.39 is 0 Å². The maximum absolute atomic E-state index is 13.3. The molecule has 2 aliphatic heterocycles. The fourth-order valence-corrected chi connectivity index (χ4v) is 4.89. The Morgan fingerprint density at radius 1 is 1.11 bits per heavy atom. The number of fused-ring (bicyclic) bond motifs is 2. The van der Waals surface area contributed by atoms with E-state index in [1.807, 2.05) is 41.7 Å². The van der Waals surface area contributed by atoms with Gasteiger partial charge in [-0.05, 0) is 44.5 Å². The minimum Gasteiger partial charge on any atom is -0.339 e. The maximum Gasteiger partial charge on any atom is 0.273 e. The number of carbonyl (C=O) groups is 2. The Kier molecular flexibility index (Phi) is 5.78. The van der Waals surface area contributed by atoms with E-state index in [9.17, 15) is 9.59 Å². The third-order valence-corrected chi connectivity index (χ3v) is 6.98. The second-order valence-corrected chi connectivity index (χ2v) is 9.59. The van der Waals surface area contributed by atoms with E-state index in [-0.39, 0.29) is 17.9 Å². The van der Waals surface area contributed by atoms with Crippen molar-refractivity contribution in [2.45, 2.75) is 40.3 Å². The molecule has 0 radical (unpaired) electrons. The monoisotopic (exact) mass is 473 g/mol. The van der Waals surface area contributed by atoms with Crippen molar-refractivity contribution < 1.29 is 9.59 Å². The van der Waals surface area contributed by atoms with E-state index in [0.717, 1.165) is 33.5 Å². The molecular formula is C26H31N7O2. The summed E-state index contributed by atoms with van der Waals surface area (Å²) in [7, 11) is 1.99. The van der Waals surface area contributed by atoms with Gasteiger partial charge in [-0.1, -0.05) is 6.07 Å². The minimum absolute atomic E-state index is 0.0606. The Morgan fingerprint density at radius 2 is 1.86 bits per heavy atom. The summed E-state index contributed by atoms with van der Waals surface area (Å²) < 4.78 is 0. The quantitative estimate of drug-likeness (QED) is 0.575. The van der Waals surface area contributed by atoms with Crippen LogP contribution in [0, 0.1) is 6.92 Å². The average molecular weight is 474 g/mol. The van der Waals surface area contributed by atoms with Gasteiger partial charge in [-0.3, -0.25) is 14.6 Å². The predicted octanol–water partition coefficient (Wildman–Crippen LogP) is 3.13. The van der Waals surface area contributed by atoms with Gasteiger partial charge < -0.3 is 19.6 Å². The van der Waals surface area contributed by atoms with Crippen molar-refractivity contribution in [3.63, 3.8) is 0 Å². The summed E-state index contributed by atoms with van der Waals surface area (Å²) >= 11 is 0. The number of rotatable bonds is 4. The molecule has 1 fully saturated rings. The first-order valence-electron chi connectivity index (χ1n) is 12.1. The van der Waals surface area contributed by atoms with Gasteiger partial charge >= 0.3 is 0 Å². The van der Waals surface area contributed by atoms with E-state index in [1.165, 1.54) is 0 Å². The second-order valence-electron chi connectivity index (χ2n) is 9.59. The van der Waals surface area contributed by atoms with Gasteiger partial charge in [0.15, 0.2) is 0 Å². The van der Waals surface area contributed by atoms with Crippen LogP contribution in [0.4, 0.5) is 17.5 Å².